The fourth-order valence-electron chi connectivity index (χ4n) is 1.85. The van der Waals surface area contributed by atoms with Crippen LogP contribution in [0, 0.1) is 0 Å². The summed E-state index contributed by atoms with van der Waals surface area (Å²) in [5.41, 5.74) is 1.87. The Morgan fingerprint density at radius 3 is 2.89 bits per heavy atom. The predicted molar refractivity (Wildman–Crippen MR) is 80.9 cm³/mol. The first-order valence-electron chi connectivity index (χ1n) is 5.95. The van der Waals surface area contributed by atoms with Crippen molar-refractivity contribution in [3.63, 3.8) is 0 Å². The topological polar surface area (TPSA) is 37.8 Å². The highest BCUT2D eigenvalue weighted by Crippen LogP contribution is 2.29. The SMILES string of the molecule is CC(Nc1cnccc1Cl)c1nc2ccccc2s1. The zero-order valence-corrected chi connectivity index (χ0v) is 11.9. The van der Waals surface area contributed by atoms with E-state index in [4.69, 9.17) is 11.6 Å². The number of pyridine rings is 1. The van der Waals surface area contributed by atoms with Gasteiger partial charge in [-0.3, -0.25) is 4.98 Å². The van der Waals surface area contributed by atoms with Crippen molar-refractivity contribution in [2.24, 2.45) is 0 Å². The molecule has 0 aliphatic carbocycles. The lowest BCUT2D eigenvalue weighted by Gasteiger charge is -2.13. The molecule has 3 aromatic rings. The molecule has 1 N–H and O–H groups in total. The molecule has 19 heavy (non-hydrogen) atoms. The molecule has 0 bridgehead atoms. The van der Waals surface area contributed by atoms with E-state index in [0.717, 1.165) is 16.2 Å². The Hall–Kier alpha value is -1.65. The molecule has 0 saturated carbocycles. The normalized spacial score (nSPS) is 12.5. The van der Waals surface area contributed by atoms with Gasteiger partial charge >= 0.3 is 0 Å². The van der Waals surface area contributed by atoms with Crippen LogP contribution in [-0.2, 0) is 0 Å². The summed E-state index contributed by atoms with van der Waals surface area (Å²) in [7, 11) is 0. The number of fused-ring (bicyclic) bond motifs is 1. The largest absolute Gasteiger partial charge is 0.374 e. The van der Waals surface area contributed by atoms with Gasteiger partial charge in [0.15, 0.2) is 0 Å². The summed E-state index contributed by atoms with van der Waals surface area (Å²) < 4.78 is 1.20. The van der Waals surface area contributed by atoms with Crippen molar-refractivity contribution in [3.05, 3.63) is 52.8 Å². The van der Waals surface area contributed by atoms with Crippen LogP contribution in [0.15, 0.2) is 42.7 Å². The van der Waals surface area contributed by atoms with Crippen LogP contribution in [0.3, 0.4) is 0 Å². The Labute approximate surface area is 120 Å². The first kappa shape index (κ1) is 12.4. The molecule has 2 heterocycles. The molecule has 96 valence electrons. The standard InChI is InChI=1S/C14H12ClN3S/c1-9(17-12-8-16-7-6-10(12)15)14-18-11-4-2-3-5-13(11)19-14/h2-9,17H,1H3. The third-order valence-corrected chi connectivity index (χ3v) is 4.37. The highest BCUT2D eigenvalue weighted by Gasteiger charge is 2.12. The average Bonchev–Trinajstić information content (AvgIpc) is 2.85. The summed E-state index contributed by atoms with van der Waals surface area (Å²) in [6.45, 7) is 2.07. The lowest BCUT2D eigenvalue weighted by Crippen LogP contribution is -2.06. The Morgan fingerprint density at radius 2 is 2.11 bits per heavy atom. The minimum Gasteiger partial charge on any atom is -0.374 e. The molecule has 5 heteroatoms. The highest BCUT2D eigenvalue weighted by molar-refractivity contribution is 7.18. The lowest BCUT2D eigenvalue weighted by atomic mass is 10.3. The summed E-state index contributed by atoms with van der Waals surface area (Å²) in [4.78, 5) is 8.70. The molecule has 0 saturated heterocycles. The number of anilines is 1. The summed E-state index contributed by atoms with van der Waals surface area (Å²) in [6, 6.07) is 10.0. The fraction of sp³-hybridized carbons (Fsp3) is 0.143. The van der Waals surface area contributed by atoms with Gasteiger partial charge in [0.1, 0.15) is 5.01 Å². The van der Waals surface area contributed by atoms with Crippen LogP contribution in [-0.4, -0.2) is 9.97 Å². The number of nitrogens with zero attached hydrogens (tertiary/aromatic N) is 2. The first-order chi connectivity index (χ1) is 9.24. The van der Waals surface area contributed by atoms with Crippen molar-refractivity contribution in [3.8, 4) is 0 Å². The zero-order valence-electron chi connectivity index (χ0n) is 10.3. The van der Waals surface area contributed by atoms with Gasteiger partial charge in [-0.2, -0.15) is 0 Å². The van der Waals surface area contributed by atoms with Crippen LogP contribution in [0.5, 0.6) is 0 Å². The summed E-state index contributed by atoms with van der Waals surface area (Å²) in [5, 5.41) is 5.05. The molecule has 0 amide bonds. The Bertz CT molecular complexity index is 677. The maximum Gasteiger partial charge on any atom is 0.116 e. The molecule has 3 nitrogen and oxygen atoms in total. The number of halogens is 1. The molecule has 0 radical (unpaired) electrons. The van der Waals surface area contributed by atoms with Crippen LogP contribution in [0.2, 0.25) is 5.02 Å². The third-order valence-electron chi connectivity index (χ3n) is 2.82. The second-order valence-corrected chi connectivity index (χ2v) is 5.71. The van der Waals surface area contributed by atoms with Gasteiger partial charge in [0.2, 0.25) is 0 Å². The van der Waals surface area contributed by atoms with E-state index in [1.807, 2.05) is 18.2 Å². The molecule has 1 aromatic carbocycles. The third kappa shape index (κ3) is 2.55. The van der Waals surface area contributed by atoms with Gasteiger partial charge in [0.05, 0.1) is 33.2 Å². The Balaban J connectivity index is 1.87. The molecule has 0 aliphatic rings. The summed E-state index contributed by atoms with van der Waals surface area (Å²) >= 11 is 7.81. The van der Waals surface area contributed by atoms with Gasteiger partial charge in [-0.1, -0.05) is 23.7 Å². The van der Waals surface area contributed by atoms with Crippen molar-refractivity contribution in [1.82, 2.24) is 9.97 Å². The lowest BCUT2D eigenvalue weighted by molar-refractivity contribution is 0.872. The summed E-state index contributed by atoms with van der Waals surface area (Å²) in [5.74, 6) is 0. The number of thiazole rings is 1. The predicted octanol–water partition coefficient (Wildman–Crippen LogP) is 4.52. The van der Waals surface area contributed by atoms with E-state index in [0.29, 0.717) is 5.02 Å². The first-order valence-corrected chi connectivity index (χ1v) is 7.15. The second-order valence-electron chi connectivity index (χ2n) is 4.24. The van der Waals surface area contributed by atoms with E-state index in [1.54, 1.807) is 29.8 Å². The molecule has 0 fully saturated rings. The number of nitrogens with one attached hydrogen (secondary N) is 1. The van der Waals surface area contributed by atoms with E-state index < -0.39 is 0 Å². The van der Waals surface area contributed by atoms with Crippen molar-refractivity contribution in [2.45, 2.75) is 13.0 Å². The number of aromatic nitrogens is 2. The van der Waals surface area contributed by atoms with Crippen molar-refractivity contribution in [1.29, 1.82) is 0 Å². The number of rotatable bonds is 3. The van der Waals surface area contributed by atoms with Gasteiger partial charge < -0.3 is 5.32 Å². The second kappa shape index (κ2) is 5.15. The zero-order chi connectivity index (χ0) is 13.2. The van der Waals surface area contributed by atoms with Crippen molar-refractivity contribution < 1.29 is 0 Å². The van der Waals surface area contributed by atoms with Crippen molar-refractivity contribution in [2.75, 3.05) is 5.32 Å². The maximum atomic E-state index is 6.11. The number of para-hydroxylation sites is 1. The highest BCUT2D eigenvalue weighted by atomic mass is 35.5. The quantitative estimate of drug-likeness (QED) is 0.770. The smallest absolute Gasteiger partial charge is 0.116 e. The molecular formula is C14H12ClN3S. The maximum absolute atomic E-state index is 6.11. The van der Waals surface area contributed by atoms with Crippen LogP contribution in [0.1, 0.15) is 18.0 Å². The van der Waals surface area contributed by atoms with Crippen molar-refractivity contribution >= 4 is 38.8 Å². The Kier molecular flexibility index (Phi) is 3.36. The monoisotopic (exact) mass is 289 g/mol. The van der Waals surface area contributed by atoms with Gasteiger partial charge in [-0.25, -0.2) is 4.98 Å². The van der Waals surface area contributed by atoms with Gasteiger partial charge in [0, 0.05) is 6.20 Å². The van der Waals surface area contributed by atoms with Crippen LogP contribution in [0.4, 0.5) is 5.69 Å². The summed E-state index contributed by atoms with van der Waals surface area (Å²) in [6.07, 6.45) is 3.40. The molecule has 3 rings (SSSR count). The van der Waals surface area contributed by atoms with E-state index in [1.165, 1.54) is 4.70 Å². The van der Waals surface area contributed by atoms with Crippen LogP contribution in [0.25, 0.3) is 10.2 Å². The van der Waals surface area contributed by atoms with E-state index in [-0.39, 0.29) is 6.04 Å². The van der Waals surface area contributed by atoms with Gasteiger partial charge in [-0.15, -0.1) is 11.3 Å². The molecule has 1 unspecified atom stereocenters. The number of benzene rings is 1. The van der Waals surface area contributed by atoms with E-state index >= 15 is 0 Å². The molecule has 2 aromatic heterocycles. The van der Waals surface area contributed by atoms with Crippen LogP contribution >= 0.6 is 22.9 Å². The van der Waals surface area contributed by atoms with Crippen LogP contribution < -0.4 is 5.32 Å². The van der Waals surface area contributed by atoms with E-state index in [9.17, 15) is 0 Å². The Morgan fingerprint density at radius 1 is 1.26 bits per heavy atom. The fourth-order valence-corrected chi connectivity index (χ4v) is 2.98. The minimum absolute atomic E-state index is 0.0964. The molecule has 1 atom stereocenters. The molecule has 0 aliphatic heterocycles. The number of hydrogen-bond donors (Lipinski definition) is 1. The number of hydrogen-bond acceptors (Lipinski definition) is 4. The van der Waals surface area contributed by atoms with E-state index in [2.05, 4.69) is 28.3 Å². The van der Waals surface area contributed by atoms with Gasteiger partial charge in [0.25, 0.3) is 0 Å². The minimum atomic E-state index is 0.0964. The van der Waals surface area contributed by atoms with Gasteiger partial charge in [-0.05, 0) is 25.1 Å². The average molecular weight is 290 g/mol. The molecule has 0 spiro atoms. The molecular weight excluding hydrogens is 278 g/mol.